The van der Waals surface area contributed by atoms with Gasteiger partial charge < -0.3 is 9.84 Å². The smallest absolute Gasteiger partial charge is 0.145 e. The molecule has 0 unspecified atom stereocenters. The first-order chi connectivity index (χ1) is 9.74. The van der Waals surface area contributed by atoms with Crippen LogP contribution in [0.15, 0.2) is 54.7 Å². The van der Waals surface area contributed by atoms with Crippen LogP contribution in [0.5, 0.6) is 17.2 Å². The highest BCUT2D eigenvalue weighted by atomic mass is 16.5. The normalized spacial score (nSPS) is 10.2. The molecule has 0 saturated carbocycles. The van der Waals surface area contributed by atoms with Crippen molar-refractivity contribution in [2.75, 3.05) is 0 Å². The second kappa shape index (κ2) is 4.90. The Morgan fingerprint density at radius 1 is 0.950 bits per heavy atom. The number of rotatable bonds is 2. The molecule has 0 atom stereocenters. The minimum Gasteiger partial charge on any atom is -0.508 e. The number of phenolic OH excluding ortho intramolecular Hbond substituents is 1. The molecule has 2 aromatic carbocycles. The van der Waals surface area contributed by atoms with Gasteiger partial charge in [0.2, 0.25) is 0 Å². The second-order valence-electron chi connectivity index (χ2n) is 4.29. The van der Waals surface area contributed by atoms with Crippen LogP contribution in [-0.4, -0.2) is 10.1 Å². The van der Waals surface area contributed by atoms with Crippen LogP contribution >= 0.6 is 0 Å². The molecule has 1 aromatic heterocycles. The average molecular weight is 262 g/mol. The Morgan fingerprint density at radius 2 is 1.75 bits per heavy atom. The predicted octanol–water partition coefficient (Wildman–Crippen LogP) is 3.60. The Morgan fingerprint density at radius 3 is 2.50 bits per heavy atom. The molecule has 1 heterocycles. The van der Waals surface area contributed by atoms with E-state index in [0.29, 0.717) is 17.2 Å². The van der Waals surface area contributed by atoms with Crippen molar-refractivity contribution in [3.63, 3.8) is 0 Å². The molecule has 0 radical (unpaired) electrons. The van der Waals surface area contributed by atoms with E-state index in [1.54, 1.807) is 24.3 Å². The Balaban J connectivity index is 1.92. The highest BCUT2D eigenvalue weighted by Crippen LogP contribution is 2.27. The molecule has 3 aromatic rings. The van der Waals surface area contributed by atoms with Crippen LogP contribution in [0, 0.1) is 11.3 Å². The zero-order valence-corrected chi connectivity index (χ0v) is 10.4. The lowest BCUT2D eigenvalue weighted by Gasteiger charge is -2.06. The number of benzene rings is 2. The van der Waals surface area contributed by atoms with Gasteiger partial charge in [0.05, 0.1) is 6.20 Å². The Kier molecular flexibility index (Phi) is 2.94. The summed E-state index contributed by atoms with van der Waals surface area (Å²) in [6.07, 6.45) is 1.51. The van der Waals surface area contributed by atoms with E-state index in [-0.39, 0.29) is 5.75 Å². The molecular formula is C16H10N2O2. The summed E-state index contributed by atoms with van der Waals surface area (Å²) in [6.45, 7) is 0. The maximum Gasteiger partial charge on any atom is 0.145 e. The Hall–Kier alpha value is -3.06. The quantitative estimate of drug-likeness (QED) is 0.766. The van der Waals surface area contributed by atoms with Gasteiger partial charge in [0.1, 0.15) is 29.0 Å². The molecule has 0 spiro atoms. The highest BCUT2D eigenvalue weighted by Gasteiger charge is 2.01. The van der Waals surface area contributed by atoms with Crippen molar-refractivity contribution in [1.82, 2.24) is 4.98 Å². The monoisotopic (exact) mass is 262 g/mol. The lowest BCUT2D eigenvalue weighted by molar-refractivity contribution is 0.475. The summed E-state index contributed by atoms with van der Waals surface area (Å²) in [5.74, 6) is 1.42. The SMILES string of the molecule is N#Cc1ccc(Oc2ccc3ccc(O)cc3c2)cn1. The van der Waals surface area contributed by atoms with Crippen LogP contribution < -0.4 is 4.74 Å². The van der Waals surface area contributed by atoms with E-state index in [0.717, 1.165) is 10.8 Å². The van der Waals surface area contributed by atoms with Crippen molar-refractivity contribution >= 4 is 10.8 Å². The first-order valence-electron chi connectivity index (χ1n) is 6.01. The molecule has 0 aliphatic carbocycles. The van der Waals surface area contributed by atoms with Gasteiger partial charge in [-0.05, 0) is 47.2 Å². The van der Waals surface area contributed by atoms with Crippen LogP contribution in [0.25, 0.3) is 10.8 Å². The minimum absolute atomic E-state index is 0.217. The van der Waals surface area contributed by atoms with Gasteiger partial charge in [-0.3, -0.25) is 0 Å². The zero-order valence-electron chi connectivity index (χ0n) is 10.4. The number of aromatic hydroxyl groups is 1. The van der Waals surface area contributed by atoms with Crippen LogP contribution in [0.1, 0.15) is 5.69 Å². The van der Waals surface area contributed by atoms with Crippen molar-refractivity contribution in [3.05, 3.63) is 60.4 Å². The van der Waals surface area contributed by atoms with Crippen molar-refractivity contribution in [2.24, 2.45) is 0 Å². The summed E-state index contributed by atoms with van der Waals surface area (Å²) in [4.78, 5) is 3.94. The minimum atomic E-state index is 0.217. The number of fused-ring (bicyclic) bond motifs is 1. The highest BCUT2D eigenvalue weighted by molar-refractivity contribution is 5.85. The fourth-order valence-corrected chi connectivity index (χ4v) is 1.92. The summed E-state index contributed by atoms with van der Waals surface area (Å²) in [5, 5.41) is 20.1. The fraction of sp³-hybridized carbons (Fsp3) is 0. The Bertz CT molecular complexity index is 805. The van der Waals surface area contributed by atoms with Crippen molar-refractivity contribution in [2.45, 2.75) is 0 Å². The van der Waals surface area contributed by atoms with E-state index in [1.165, 1.54) is 6.20 Å². The van der Waals surface area contributed by atoms with Gasteiger partial charge in [-0.1, -0.05) is 12.1 Å². The largest absolute Gasteiger partial charge is 0.508 e. The summed E-state index contributed by atoms with van der Waals surface area (Å²) in [5.41, 5.74) is 0.348. The van der Waals surface area contributed by atoms with Crippen LogP contribution in [0.4, 0.5) is 0 Å². The number of pyridine rings is 1. The van der Waals surface area contributed by atoms with E-state index in [4.69, 9.17) is 10.00 Å². The van der Waals surface area contributed by atoms with Crippen molar-refractivity contribution < 1.29 is 9.84 Å². The molecule has 96 valence electrons. The van der Waals surface area contributed by atoms with Gasteiger partial charge in [0.15, 0.2) is 0 Å². The Labute approximate surface area is 115 Å². The number of aromatic nitrogens is 1. The van der Waals surface area contributed by atoms with Crippen LogP contribution in [0.2, 0.25) is 0 Å². The molecule has 4 heteroatoms. The van der Waals surface area contributed by atoms with Gasteiger partial charge in [-0.25, -0.2) is 4.98 Å². The molecular weight excluding hydrogens is 252 g/mol. The molecule has 20 heavy (non-hydrogen) atoms. The maximum atomic E-state index is 9.49. The molecule has 0 bridgehead atoms. The summed E-state index contributed by atoms with van der Waals surface area (Å²) in [7, 11) is 0. The molecule has 0 aliphatic heterocycles. The summed E-state index contributed by atoms with van der Waals surface area (Å²) < 4.78 is 5.67. The van der Waals surface area contributed by atoms with Gasteiger partial charge >= 0.3 is 0 Å². The number of nitrogens with zero attached hydrogens (tertiary/aromatic N) is 2. The lowest BCUT2D eigenvalue weighted by Crippen LogP contribution is -1.87. The van der Waals surface area contributed by atoms with Crippen LogP contribution in [0.3, 0.4) is 0 Å². The van der Waals surface area contributed by atoms with E-state index in [2.05, 4.69) is 4.98 Å². The number of phenols is 1. The third-order valence-electron chi connectivity index (χ3n) is 2.88. The molecule has 0 amide bonds. The van der Waals surface area contributed by atoms with Gasteiger partial charge in [0, 0.05) is 0 Å². The molecule has 4 nitrogen and oxygen atoms in total. The third-order valence-corrected chi connectivity index (χ3v) is 2.88. The van der Waals surface area contributed by atoms with E-state index >= 15 is 0 Å². The molecule has 3 rings (SSSR count). The standard InChI is InChI=1S/C16H10N2O2/c17-9-13-3-6-16(10-18-13)20-15-5-2-11-1-4-14(19)7-12(11)8-15/h1-8,10,19H. The first kappa shape index (κ1) is 12.0. The second-order valence-corrected chi connectivity index (χ2v) is 4.29. The molecule has 1 N–H and O–H groups in total. The van der Waals surface area contributed by atoms with E-state index < -0.39 is 0 Å². The molecule has 0 saturated heterocycles. The first-order valence-corrected chi connectivity index (χ1v) is 6.01. The molecule has 0 aliphatic rings. The predicted molar refractivity (Wildman–Crippen MR) is 74.6 cm³/mol. The summed E-state index contributed by atoms with van der Waals surface area (Å²) >= 11 is 0. The van der Waals surface area contributed by atoms with Gasteiger partial charge in [-0.2, -0.15) is 5.26 Å². The maximum absolute atomic E-state index is 9.49. The van der Waals surface area contributed by atoms with E-state index in [1.807, 2.05) is 30.3 Å². The third kappa shape index (κ3) is 2.38. The number of nitriles is 1. The van der Waals surface area contributed by atoms with Gasteiger partial charge in [0.25, 0.3) is 0 Å². The molecule has 0 fully saturated rings. The lowest BCUT2D eigenvalue weighted by atomic mass is 10.1. The number of ether oxygens (including phenoxy) is 1. The average Bonchev–Trinajstić information content (AvgIpc) is 2.47. The fourth-order valence-electron chi connectivity index (χ4n) is 1.92. The van der Waals surface area contributed by atoms with Gasteiger partial charge in [-0.15, -0.1) is 0 Å². The summed E-state index contributed by atoms with van der Waals surface area (Å²) in [6, 6.07) is 16.0. The van der Waals surface area contributed by atoms with Crippen molar-refractivity contribution in [1.29, 1.82) is 5.26 Å². The van der Waals surface area contributed by atoms with Crippen molar-refractivity contribution in [3.8, 4) is 23.3 Å². The zero-order chi connectivity index (χ0) is 13.9. The van der Waals surface area contributed by atoms with E-state index in [9.17, 15) is 5.11 Å². The topological polar surface area (TPSA) is 66.1 Å². The number of hydrogen-bond acceptors (Lipinski definition) is 4. The number of hydrogen-bond donors (Lipinski definition) is 1. The van der Waals surface area contributed by atoms with Crippen LogP contribution in [-0.2, 0) is 0 Å².